The summed E-state index contributed by atoms with van der Waals surface area (Å²) < 4.78 is 44.5. The van der Waals surface area contributed by atoms with Crippen LogP contribution in [0.1, 0.15) is 189 Å². The maximum absolute atomic E-state index is 13.7. The number of carbonyl (C=O) groups excluding carboxylic acids is 4. The van der Waals surface area contributed by atoms with Crippen LogP contribution in [0, 0.1) is 41.9 Å². The Kier molecular flexibility index (Phi) is 30.5. The number of methoxy groups -OCH3 is 2. The van der Waals surface area contributed by atoms with Crippen LogP contribution < -0.4 is 0 Å². The monoisotopic (exact) mass is 1270 g/mol. The van der Waals surface area contributed by atoms with Crippen LogP contribution in [0.4, 0.5) is 0 Å². The van der Waals surface area contributed by atoms with Gasteiger partial charge in [-0.2, -0.15) is 53.4 Å². The maximum Gasteiger partial charge on any atom is 0.310 e. The molecular weight excluding hydrogens is 1160 g/mol. The summed E-state index contributed by atoms with van der Waals surface area (Å²) in [7, 11) is 10.9. The summed E-state index contributed by atoms with van der Waals surface area (Å²) in [6, 6.07) is 0. The molecule has 6 heterocycles. The van der Waals surface area contributed by atoms with Crippen LogP contribution in [0.2, 0.25) is 0 Å². The Hall–Kier alpha value is -0.232. The second-order valence-electron chi connectivity index (χ2n) is 28.0. The van der Waals surface area contributed by atoms with E-state index in [-0.39, 0.29) is 106 Å². The average Bonchev–Trinajstić information content (AvgIpc) is 3.31. The number of esters is 4. The van der Waals surface area contributed by atoms with Gasteiger partial charge in [0.2, 0.25) is 0 Å². The summed E-state index contributed by atoms with van der Waals surface area (Å²) in [6.45, 7) is 42.4. The van der Waals surface area contributed by atoms with Gasteiger partial charge in [0.15, 0.2) is 0 Å². The quantitative estimate of drug-likeness (QED) is 0.109. The zero-order chi connectivity index (χ0) is 58.9. The van der Waals surface area contributed by atoms with Crippen molar-refractivity contribution in [3.63, 3.8) is 0 Å². The number of ether oxygens (including phenoxy) is 8. The third-order valence-electron chi connectivity index (χ3n) is 18.0. The van der Waals surface area contributed by atoms with E-state index in [9.17, 15) is 19.2 Å². The van der Waals surface area contributed by atoms with Crippen LogP contribution in [0.3, 0.4) is 0 Å². The molecule has 0 amide bonds. The first kappa shape index (κ1) is 76.8. The second-order valence-corrected chi connectivity index (χ2v) is 28.0. The number of carbonyl (C=O) groups is 4. The van der Waals surface area contributed by atoms with Crippen molar-refractivity contribution in [3.8, 4) is 0 Å². The van der Waals surface area contributed by atoms with Crippen molar-refractivity contribution in [2.24, 2.45) is 17.3 Å². The van der Waals surface area contributed by atoms with Gasteiger partial charge >= 0.3 is 23.9 Å². The van der Waals surface area contributed by atoms with E-state index in [1.807, 2.05) is 41.8 Å². The van der Waals surface area contributed by atoms with Crippen LogP contribution >= 0.6 is 0 Å². The summed E-state index contributed by atoms with van der Waals surface area (Å²) in [5.41, 5.74) is -0.00376. The Morgan fingerprint density at radius 3 is 1.03 bits per heavy atom. The topological polar surface area (TPSA) is 155 Å². The van der Waals surface area contributed by atoms with Gasteiger partial charge < -0.3 is 60.5 Å². The minimum absolute atomic E-state index is 0. The average molecular weight is 1270 g/mol. The van der Waals surface area contributed by atoms with Crippen molar-refractivity contribution in [3.05, 3.63) is 24.7 Å². The first-order valence-corrected chi connectivity index (χ1v) is 28.4. The SMILES string of the molecule is CN1C(C)(C)C[CH-]CC1(C)C.CN1CC[CH-]CC1(C)C.COC(=O)CC(C(=O)OC1CC(C)(C)N(C)C(C)(C)C1)C(CC(=O)OC)C(=O)OC1CC(C)(C)N(C)C(C)(C)C1.C[C-](C)C1OCC2(CO1)COC([C-](C)C)OC2.[Y].[Y]. The summed E-state index contributed by atoms with van der Waals surface area (Å²) in [5, 5.41) is 0. The van der Waals surface area contributed by atoms with Crippen LogP contribution in [0.15, 0.2) is 0 Å². The van der Waals surface area contributed by atoms with Gasteiger partial charge in [-0.3, -0.25) is 40.8 Å². The number of piperidine rings is 4. The number of hydrogen-bond donors (Lipinski definition) is 0. The molecule has 6 saturated heterocycles. The molecule has 0 aromatic heterocycles. The molecule has 2 atom stereocenters. The minimum atomic E-state index is -1.27. The number of rotatable bonds is 11. The smallest absolute Gasteiger partial charge is 0.310 e. The Labute approximate surface area is 531 Å². The van der Waals surface area contributed by atoms with Gasteiger partial charge in [0.25, 0.3) is 0 Å². The summed E-state index contributed by atoms with van der Waals surface area (Å²) in [5.74, 6) is -3.05. The van der Waals surface area contributed by atoms with Gasteiger partial charge in [-0.05, 0) is 148 Å². The van der Waals surface area contributed by atoms with Crippen molar-refractivity contribution in [1.82, 2.24) is 19.6 Å². The zero-order valence-corrected chi connectivity index (χ0v) is 59.7. The molecule has 456 valence electrons. The van der Waals surface area contributed by atoms with E-state index in [0.717, 1.165) is 11.8 Å². The number of likely N-dealkylation sites (tertiary alicyclic amines) is 4. The molecule has 0 aromatic rings. The Balaban J connectivity index is 0.000000645. The van der Waals surface area contributed by atoms with E-state index < -0.39 is 60.8 Å². The molecule has 2 radical (unpaired) electrons. The largest absolute Gasteiger partial charge is 0.469 e. The first-order chi connectivity index (χ1) is 35.2. The molecule has 6 rings (SSSR count). The molecule has 6 fully saturated rings. The van der Waals surface area contributed by atoms with Crippen molar-refractivity contribution in [1.29, 1.82) is 0 Å². The van der Waals surface area contributed by atoms with Gasteiger partial charge in [0.05, 0.1) is 70.7 Å². The van der Waals surface area contributed by atoms with Crippen molar-refractivity contribution >= 4 is 23.9 Å². The normalized spacial score (nSPS) is 28.2. The summed E-state index contributed by atoms with van der Waals surface area (Å²) in [4.78, 5) is 61.7. The summed E-state index contributed by atoms with van der Waals surface area (Å²) in [6.07, 6.45) is 10.0. The van der Waals surface area contributed by atoms with Gasteiger partial charge in [-0.1, -0.05) is 0 Å². The predicted octanol–water partition coefficient (Wildman–Crippen LogP) is 9.84. The molecule has 0 aliphatic carbocycles. The van der Waals surface area contributed by atoms with Crippen molar-refractivity contribution in [2.45, 2.75) is 252 Å². The Morgan fingerprint density at radius 2 is 0.785 bits per heavy atom. The van der Waals surface area contributed by atoms with Crippen molar-refractivity contribution in [2.75, 3.05) is 75.4 Å². The van der Waals surface area contributed by atoms with Gasteiger partial charge in [0.1, 0.15) is 12.2 Å². The van der Waals surface area contributed by atoms with Crippen LogP contribution in [0.5, 0.6) is 0 Å². The fourth-order valence-corrected chi connectivity index (χ4v) is 11.6. The maximum atomic E-state index is 13.7. The molecule has 79 heavy (non-hydrogen) atoms. The van der Waals surface area contributed by atoms with E-state index in [1.165, 1.54) is 46.4 Å². The van der Waals surface area contributed by atoms with Gasteiger partial charge in [-0.25, -0.2) is 0 Å². The Bertz CT molecular complexity index is 1740. The fourth-order valence-electron chi connectivity index (χ4n) is 11.6. The van der Waals surface area contributed by atoms with E-state index in [0.29, 0.717) is 68.7 Å². The number of hydrogen-bond acceptors (Lipinski definition) is 16. The molecule has 2 unspecified atom stereocenters. The molecule has 0 N–H and O–H groups in total. The van der Waals surface area contributed by atoms with Crippen LogP contribution in [-0.2, 0) is 122 Å². The second kappa shape index (κ2) is 31.4. The van der Waals surface area contributed by atoms with E-state index in [1.54, 1.807) is 0 Å². The molecule has 0 bridgehead atoms. The fraction of sp³-hybridized carbons (Fsp3) is 0.869. The molecule has 0 aromatic carbocycles. The summed E-state index contributed by atoms with van der Waals surface area (Å²) >= 11 is 0. The standard InChI is InChI=1S/C30H52N2O8.C13H22O4.C10H20N.C8H16N.2Y/c1-27(2)15-19(16-28(3,4)31(27)9)39-25(35)21(13-23(33)37-11)22(14-24(34)38-12)26(36)40-20-17-29(5,6)32(10)30(7,8)18-20;1-9(2)11-14-5-13(6-15-11)7-16-12(10(3)4)17-8-13;1-9(2)7-6-8-10(3,4)11(9)5;1-8(2)6-4-5-7-9(8)3;;/h19-22H,13-18H2,1-12H3;11-12H,5-8H2,1-4H3;6H,7-8H2,1-5H3;4H,5-7H2,1-3H3;;/q;-2;2*-1;;. The third-order valence-corrected chi connectivity index (χ3v) is 18.0. The van der Waals surface area contributed by atoms with Gasteiger partial charge in [0, 0.05) is 126 Å². The molecular formula is C61H110N4O12Y2-4. The molecule has 6 aliphatic rings. The molecule has 6 aliphatic heterocycles. The number of nitrogens with zero attached hydrogens (tertiary/aromatic N) is 4. The zero-order valence-electron chi connectivity index (χ0n) is 54.1. The molecule has 18 heteroatoms. The van der Waals surface area contributed by atoms with Crippen LogP contribution in [-0.4, -0.2) is 182 Å². The predicted molar refractivity (Wildman–Crippen MR) is 303 cm³/mol. The molecule has 16 nitrogen and oxygen atoms in total. The van der Waals surface area contributed by atoms with E-state index in [4.69, 9.17) is 37.9 Å². The first-order valence-electron chi connectivity index (χ1n) is 28.4. The minimum Gasteiger partial charge on any atom is -0.469 e. The third kappa shape index (κ3) is 22.2. The molecule has 1 spiro atoms. The van der Waals surface area contributed by atoms with E-state index in [2.05, 4.69) is 143 Å². The van der Waals surface area contributed by atoms with Gasteiger partial charge in [-0.15, -0.1) is 0 Å². The van der Waals surface area contributed by atoms with E-state index >= 15 is 0 Å². The molecule has 0 saturated carbocycles. The van der Waals surface area contributed by atoms with Crippen LogP contribution in [0.25, 0.3) is 0 Å². The Morgan fingerprint density at radius 1 is 0.494 bits per heavy atom. The van der Waals surface area contributed by atoms with Crippen molar-refractivity contribution < 1.29 is 122 Å².